The van der Waals surface area contributed by atoms with Crippen molar-refractivity contribution in [2.75, 3.05) is 27.9 Å². The lowest BCUT2D eigenvalue weighted by Gasteiger charge is -2.17. The Morgan fingerprint density at radius 3 is 2.42 bits per heavy atom. The molecule has 2 rings (SSSR count). The fourth-order valence-corrected chi connectivity index (χ4v) is 2.39. The molecule has 1 aliphatic rings. The second-order valence-electron chi connectivity index (χ2n) is 4.40. The molecule has 1 heterocycles. The monoisotopic (exact) mass is 265 g/mol. The Labute approximate surface area is 112 Å². The SMILES string of the molecule is COc1ccc(C(=O)C2CCCN2)c(OC)c1OC. The van der Waals surface area contributed by atoms with Gasteiger partial charge in [-0.25, -0.2) is 0 Å². The third-order valence-corrected chi connectivity index (χ3v) is 3.35. The Morgan fingerprint density at radius 1 is 1.16 bits per heavy atom. The Balaban J connectivity index is 2.42. The van der Waals surface area contributed by atoms with Crippen molar-refractivity contribution in [1.82, 2.24) is 5.32 Å². The van der Waals surface area contributed by atoms with Crippen LogP contribution in [0.1, 0.15) is 23.2 Å². The van der Waals surface area contributed by atoms with Gasteiger partial charge < -0.3 is 19.5 Å². The Morgan fingerprint density at radius 2 is 1.89 bits per heavy atom. The first kappa shape index (κ1) is 13.7. The molecule has 1 unspecified atom stereocenters. The van der Waals surface area contributed by atoms with Gasteiger partial charge in [0, 0.05) is 0 Å². The van der Waals surface area contributed by atoms with Gasteiger partial charge in [-0.3, -0.25) is 4.79 Å². The maximum atomic E-state index is 12.5. The van der Waals surface area contributed by atoms with Crippen LogP contribution < -0.4 is 19.5 Å². The van der Waals surface area contributed by atoms with E-state index in [9.17, 15) is 4.79 Å². The van der Waals surface area contributed by atoms with E-state index in [4.69, 9.17) is 14.2 Å². The summed E-state index contributed by atoms with van der Waals surface area (Å²) < 4.78 is 15.8. The fraction of sp³-hybridized carbons (Fsp3) is 0.500. The predicted octanol–water partition coefficient (Wildman–Crippen LogP) is 1.65. The van der Waals surface area contributed by atoms with Gasteiger partial charge >= 0.3 is 0 Å². The van der Waals surface area contributed by atoms with E-state index in [-0.39, 0.29) is 11.8 Å². The van der Waals surface area contributed by atoms with E-state index in [2.05, 4.69) is 5.32 Å². The van der Waals surface area contributed by atoms with Crippen LogP contribution in [0.2, 0.25) is 0 Å². The number of ketones is 1. The van der Waals surface area contributed by atoms with E-state index in [1.54, 1.807) is 19.2 Å². The van der Waals surface area contributed by atoms with Crippen molar-refractivity contribution in [2.45, 2.75) is 18.9 Å². The van der Waals surface area contributed by atoms with E-state index < -0.39 is 0 Å². The van der Waals surface area contributed by atoms with Gasteiger partial charge in [-0.2, -0.15) is 0 Å². The molecule has 104 valence electrons. The standard InChI is InChI=1S/C14H19NO4/c1-17-11-7-6-9(13(18-2)14(11)19-3)12(16)10-5-4-8-15-10/h6-7,10,15H,4-5,8H2,1-3H3. The summed E-state index contributed by atoms with van der Waals surface area (Å²) in [4.78, 5) is 12.5. The van der Waals surface area contributed by atoms with Crippen LogP contribution in [-0.2, 0) is 0 Å². The molecular formula is C14H19NO4. The molecule has 1 aromatic rings. The average Bonchev–Trinajstić information content (AvgIpc) is 2.98. The average molecular weight is 265 g/mol. The minimum absolute atomic E-state index is 0.0373. The van der Waals surface area contributed by atoms with E-state index >= 15 is 0 Å². The smallest absolute Gasteiger partial charge is 0.204 e. The minimum atomic E-state index is -0.132. The van der Waals surface area contributed by atoms with Crippen LogP contribution in [0.5, 0.6) is 17.2 Å². The number of hydrogen-bond acceptors (Lipinski definition) is 5. The van der Waals surface area contributed by atoms with Gasteiger partial charge in [0.15, 0.2) is 17.3 Å². The van der Waals surface area contributed by atoms with E-state index in [0.29, 0.717) is 22.8 Å². The molecule has 1 saturated heterocycles. The van der Waals surface area contributed by atoms with Crippen molar-refractivity contribution < 1.29 is 19.0 Å². The van der Waals surface area contributed by atoms with Gasteiger partial charge in [0.25, 0.3) is 0 Å². The molecule has 0 bridgehead atoms. The molecule has 1 N–H and O–H groups in total. The van der Waals surface area contributed by atoms with Gasteiger partial charge in [0.2, 0.25) is 5.75 Å². The van der Waals surface area contributed by atoms with E-state index in [1.807, 2.05) is 0 Å². The Hall–Kier alpha value is -1.75. The van der Waals surface area contributed by atoms with Gasteiger partial charge in [-0.15, -0.1) is 0 Å². The molecule has 1 aromatic carbocycles. The number of Topliss-reactive ketones (excluding diaryl/α,β-unsaturated/α-hetero) is 1. The summed E-state index contributed by atoms with van der Waals surface area (Å²) in [5.74, 6) is 1.47. The minimum Gasteiger partial charge on any atom is -0.493 e. The van der Waals surface area contributed by atoms with Crippen molar-refractivity contribution in [1.29, 1.82) is 0 Å². The lowest BCUT2D eigenvalue weighted by Crippen LogP contribution is -2.31. The van der Waals surface area contributed by atoms with Crippen LogP contribution in [0.25, 0.3) is 0 Å². The van der Waals surface area contributed by atoms with Crippen LogP contribution in [0.4, 0.5) is 0 Å². The molecule has 5 nitrogen and oxygen atoms in total. The van der Waals surface area contributed by atoms with Gasteiger partial charge in [0.1, 0.15) is 0 Å². The summed E-state index contributed by atoms with van der Waals surface area (Å²) in [6.07, 6.45) is 1.88. The second-order valence-corrected chi connectivity index (χ2v) is 4.40. The van der Waals surface area contributed by atoms with Crippen molar-refractivity contribution in [2.24, 2.45) is 0 Å². The quantitative estimate of drug-likeness (QED) is 0.820. The number of carbonyl (C=O) groups is 1. The highest BCUT2D eigenvalue weighted by molar-refractivity contribution is 6.03. The second kappa shape index (κ2) is 5.93. The van der Waals surface area contributed by atoms with Gasteiger partial charge in [-0.1, -0.05) is 0 Å². The molecule has 5 heteroatoms. The zero-order chi connectivity index (χ0) is 13.8. The topological polar surface area (TPSA) is 56.8 Å². The van der Waals surface area contributed by atoms with Crippen LogP contribution in [-0.4, -0.2) is 39.7 Å². The maximum absolute atomic E-state index is 12.5. The van der Waals surface area contributed by atoms with E-state index in [0.717, 1.165) is 19.4 Å². The molecule has 0 saturated carbocycles. The lowest BCUT2D eigenvalue weighted by atomic mass is 10.0. The zero-order valence-electron chi connectivity index (χ0n) is 11.5. The Kier molecular flexibility index (Phi) is 4.27. The lowest BCUT2D eigenvalue weighted by molar-refractivity contribution is 0.0948. The van der Waals surface area contributed by atoms with Crippen LogP contribution >= 0.6 is 0 Å². The molecule has 0 aromatic heterocycles. The maximum Gasteiger partial charge on any atom is 0.204 e. The van der Waals surface area contributed by atoms with E-state index in [1.165, 1.54) is 14.2 Å². The van der Waals surface area contributed by atoms with Crippen molar-refractivity contribution in [3.8, 4) is 17.2 Å². The van der Waals surface area contributed by atoms with Crippen LogP contribution in [0.15, 0.2) is 12.1 Å². The van der Waals surface area contributed by atoms with Gasteiger partial charge in [-0.05, 0) is 31.5 Å². The third kappa shape index (κ3) is 2.51. The summed E-state index contributed by atoms with van der Waals surface area (Å²) in [7, 11) is 4.61. The molecule has 0 amide bonds. The number of carbonyl (C=O) groups excluding carboxylic acids is 1. The first-order chi connectivity index (χ1) is 9.22. The highest BCUT2D eigenvalue weighted by Gasteiger charge is 2.28. The summed E-state index contributed by atoms with van der Waals surface area (Å²) in [6.45, 7) is 0.881. The zero-order valence-corrected chi connectivity index (χ0v) is 11.5. The number of ether oxygens (including phenoxy) is 3. The highest BCUT2D eigenvalue weighted by atomic mass is 16.5. The molecule has 1 fully saturated rings. The third-order valence-electron chi connectivity index (χ3n) is 3.35. The van der Waals surface area contributed by atoms with Crippen LogP contribution in [0, 0.1) is 0 Å². The number of methoxy groups -OCH3 is 3. The van der Waals surface area contributed by atoms with Crippen molar-refractivity contribution in [3.63, 3.8) is 0 Å². The number of nitrogens with one attached hydrogen (secondary N) is 1. The normalized spacial score (nSPS) is 18.2. The summed E-state index contributed by atoms with van der Waals surface area (Å²) in [6, 6.07) is 3.32. The van der Waals surface area contributed by atoms with Crippen molar-refractivity contribution in [3.05, 3.63) is 17.7 Å². The van der Waals surface area contributed by atoms with Crippen molar-refractivity contribution >= 4 is 5.78 Å². The largest absolute Gasteiger partial charge is 0.493 e. The molecule has 1 atom stereocenters. The molecular weight excluding hydrogens is 246 g/mol. The van der Waals surface area contributed by atoms with Crippen LogP contribution in [0.3, 0.4) is 0 Å². The fourth-order valence-electron chi connectivity index (χ4n) is 2.39. The predicted molar refractivity (Wildman–Crippen MR) is 71.5 cm³/mol. The molecule has 0 spiro atoms. The first-order valence-corrected chi connectivity index (χ1v) is 6.29. The molecule has 1 aliphatic heterocycles. The number of benzene rings is 1. The number of rotatable bonds is 5. The molecule has 0 radical (unpaired) electrons. The van der Waals surface area contributed by atoms with Gasteiger partial charge in [0.05, 0.1) is 32.9 Å². The Bertz CT molecular complexity index is 467. The highest BCUT2D eigenvalue weighted by Crippen LogP contribution is 2.40. The molecule has 19 heavy (non-hydrogen) atoms. The number of hydrogen-bond donors (Lipinski definition) is 1. The summed E-state index contributed by atoms with van der Waals surface area (Å²) in [5, 5.41) is 3.20. The summed E-state index contributed by atoms with van der Waals surface area (Å²) in [5.41, 5.74) is 0.527. The first-order valence-electron chi connectivity index (χ1n) is 6.29. The molecule has 0 aliphatic carbocycles. The summed E-state index contributed by atoms with van der Waals surface area (Å²) >= 11 is 0.